The van der Waals surface area contributed by atoms with E-state index in [1.54, 1.807) is 12.1 Å². The Labute approximate surface area is 116 Å². The minimum absolute atomic E-state index is 0.0892. The largest absolute Gasteiger partial charge is 0.396 e. The summed E-state index contributed by atoms with van der Waals surface area (Å²) in [5.74, 6) is -0.123. The molecule has 0 aliphatic heterocycles. The molecule has 0 spiro atoms. The van der Waals surface area contributed by atoms with Crippen molar-refractivity contribution in [2.24, 2.45) is 0 Å². The van der Waals surface area contributed by atoms with Gasteiger partial charge in [0.15, 0.2) is 0 Å². The zero-order valence-electron chi connectivity index (χ0n) is 12.1. The standard InChI is InChI=1S/C17H27FO/c1-2-3-4-5-6-7-8-10-16(14-19)15-11-9-12-17(18)13-15/h9,11-13,16,19H,2-8,10,14H2,1H3. The maximum Gasteiger partial charge on any atom is 0.123 e. The SMILES string of the molecule is CCCCCCCCCC(CO)c1cccc(F)c1. The molecule has 1 N–H and O–H groups in total. The Kier molecular flexibility index (Phi) is 8.48. The first kappa shape index (κ1) is 16.2. The summed E-state index contributed by atoms with van der Waals surface area (Å²) in [5.41, 5.74) is 0.925. The van der Waals surface area contributed by atoms with E-state index in [4.69, 9.17) is 0 Å². The van der Waals surface area contributed by atoms with Crippen LogP contribution in [0, 0.1) is 5.82 Å². The molecule has 0 aromatic heterocycles. The van der Waals surface area contributed by atoms with Crippen molar-refractivity contribution in [2.45, 2.75) is 64.2 Å². The van der Waals surface area contributed by atoms with Crippen molar-refractivity contribution in [2.75, 3.05) is 6.61 Å². The molecule has 1 nitrogen and oxygen atoms in total. The van der Waals surface area contributed by atoms with Crippen molar-refractivity contribution in [3.63, 3.8) is 0 Å². The second-order valence-electron chi connectivity index (χ2n) is 5.34. The second-order valence-corrected chi connectivity index (χ2v) is 5.34. The monoisotopic (exact) mass is 266 g/mol. The zero-order chi connectivity index (χ0) is 13.9. The number of hydrogen-bond acceptors (Lipinski definition) is 1. The molecule has 0 heterocycles. The first-order chi connectivity index (χ1) is 9.27. The quantitative estimate of drug-likeness (QED) is 0.588. The van der Waals surface area contributed by atoms with E-state index in [0.717, 1.165) is 18.4 Å². The molecular weight excluding hydrogens is 239 g/mol. The highest BCUT2D eigenvalue weighted by molar-refractivity contribution is 5.20. The first-order valence-corrected chi connectivity index (χ1v) is 7.64. The van der Waals surface area contributed by atoms with Crippen LogP contribution in [0.4, 0.5) is 4.39 Å². The van der Waals surface area contributed by atoms with Crippen LogP contribution in [-0.2, 0) is 0 Å². The maximum atomic E-state index is 13.1. The Hall–Kier alpha value is -0.890. The number of halogens is 1. The van der Waals surface area contributed by atoms with E-state index < -0.39 is 0 Å². The Morgan fingerprint density at radius 1 is 1.05 bits per heavy atom. The van der Waals surface area contributed by atoms with Gasteiger partial charge in [-0.25, -0.2) is 4.39 Å². The van der Waals surface area contributed by atoms with Gasteiger partial charge in [0, 0.05) is 12.5 Å². The predicted octanol–water partition coefficient (Wildman–Crippen LogP) is 5.04. The molecule has 0 saturated carbocycles. The fraction of sp³-hybridized carbons (Fsp3) is 0.647. The average molecular weight is 266 g/mol. The molecule has 0 amide bonds. The van der Waals surface area contributed by atoms with Crippen LogP contribution in [0.15, 0.2) is 24.3 Å². The number of hydrogen-bond donors (Lipinski definition) is 1. The van der Waals surface area contributed by atoms with Gasteiger partial charge < -0.3 is 5.11 Å². The van der Waals surface area contributed by atoms with Crippen LogP contribution in [-0.4, -0.2) is 11.7 Å². The van der Waals surface area contributed by atoms with Crippen LogP contribution in [0.5, 0.6) is 0 Å². The van der Waals surface area contributed by atoms with Gasteiger partial charge in [-0.05, 0) is 24.1 Å². The van der Waals surface area contributed by atoms with E-state index in [1.807, 2.05) is 6.07 Å². The molecule has 1 aromatic carbocycles. The van der Waals surface area contributed by atoms with Gasteiger partial charge in [0.2, 0.25) is 0 Å². The molecule has 0 aliphatic rings. The lowest BCUT2D eigenvalue weighted by molar-refractivity contribution is 0.256. The lowest BCUT2D eigenvalue weighted by Gasteiger charge is -2.14. The summed E-state index contributed by atoms with van der Waals surface area (Å²) >= 11 is 0. The third-order valence-corrected chi connectivity index (χ3v) is 3.70. The third-order valence-electron chi connectivity index (χ3n) is 3.70. The molecule has 1 aromatic rings. The van der Waals surface area contributed by atoms with Crippen molar-refractivity contribution in [3.8, 4) is 0 Å². The molecule has 0 bridgehead atoms. The van der Waals surface area contributed by atoms with Gasteiger partial charge in [-0.1, -0.05) is 64.0 Å². The Morgan fingerprint density at radius 2 is 1.74 bits per heavy atom. The topological polar surface area (TPSA) is 20.2 Å². The summed E-state index contributed by atoms with van der Waals surface area (Å²) in [6.45, 7) is 2.34. The van der Waals surface area contributed by atoms with Crippen molar-refractivity contribution in [1.82, 2.24) is 0 Å². The number of benzene rings is 1. The number of aliphatic hydroxyl groups is 1. The zero-order valence-corrected chi connectivity index (χ0v) is 12.1. The maximum absolute atomic E-state index is 13.1. The van der Waals surface area contributed by atoms with Crippen LogP contribution >= 0.6 is 0 Å². The van der Waals surface area contributed by atoms with E-state index >= 15 is 0 Å². The van der Waals surface area contributed by atoms with Gasteiger partial charge in [0.1, 0.15) is 5.82 Å². The highest BCUT2D eigenvalue weighted by atomic mass is 19.1. The smallest absolute Gasteiger partial charge is 0.123 e. The van der Waals surface area contributed by atoms with Gasteiger partial charge >= 0.3 is 0 Å². The molecular formula is C17H27FO. The lowest BCUT2D eigenvalue weighted by Crippen LogP contribution is -2.04. The highest BCUT2D eigenvalue weighted by Gasteiger charge is 2.10. The second kappa shape index (κ2) is 9.96. The normalized spacial score (nSPS) is 12.6. The third kappa shape index (κ3) is 6.72. The summed E-state index contributed by atoms with van der Waals surface area (Å²) in [7, 11) is 0. The van der Waals surface area contributed by atoms with E-state index in [0.29, 0.717) is 0 Å². The van der Waals surface area contributed by atoms with Crippen LogP contribution in [0.25, 0.3) is 0 Å². The minimum atomic E-state index is -0.212. The minimum Gasteiger partial charge on any atom is -0.396 e. The number of aliphatic hydroxyl groups excluding tert-OH is 1. The van der Waals surface area contributed by atoms with Crippen LogP contribution in [0.1, 0.15) is 69.8 Å². The fourth-order valence-corrected chi connectivity index (χ4v) is 2.47. The van der Waals surface area contributed by atoms with Crippen LogP contribution in [0.3, 0.4) is 0 Å². The molecule has 0 aliphatic carbocycles. The van der Waals surface area contributed by atoms with Gasteiger partial charge in [-0.15, -0.1) is 0 Å². The first-order valence-electron chi connectivity index (χ1n) is 7.64. The average Bonchev–Trinajstić information content (AvgIpc) is 2.42. The summed E-state index contributed by atoms with van der Waals surface area (Å²) < 4.78 is 13.1. The Balaban J connectivity index is 2.22. The summed E-state index contributed by atoms with van der Waals surface area (Å²) in [4.78, 5) is 0. The Bertz CT molecular complexity index is 338. The van der Waals surface area contributed by atoms with Gasteiger partial charge in [-0.3, -0.25) is 0 Å². The number of unbranched alkanes of at least 4 members (excludes halogenated alkanes) is 6. The van der Waals surface area contributed by atoms with Gasteiger partial charge in [0.25, 0.3) is 0 Å². The summed E-state index contributed by atoms with van der Waals surface area (Å²) in [6, 6.07) is 6.62. The molecule has 0 saturated heterocycles. The predicted molar refractivity (Wildman–Crippen MR) is 78.8 cm³/mol. The Morgan fingerprint density at radius 3 is 2.37 bits per heavy atom. The molecule has 1 unspecified atom stereocenters. The molecule has 1 atom stereocenters. The molecule has 0 radical (unpaired) electrons. The lowest BCUT2D eigenvalue weighted by atomic mass is 9.93. The van der Waals surface area contributed by atoms with E-state index in [-0.39, 0.29) is 18.3 Å². The summed E-state index contributed by atoms with van der Waals surface area (Å²) in [6.07, 6.45) is 9.84. The van der Waals surface area contributed by atoms with Crippen molar-refractivity contribution in [1.29, 1.82) is 0 Å². The fourth-order valence-electron chi connectivity index (χ4n) is 2.47. The van der Waals surface area contributed by atoms with Crippen molar-refractivity contribution < 1.29 is 9.50 Å². The van der Waals surface area contributed by atoms with Crippen molar-refractivity contribution in [3.05, 3.63) is 35.6 Å². The molecule has 108 valence electrons. The van der Waals surface area contributed by atoms with Gasteiger partial charge in [-0.2, -0.15) is 0 Å². The molecule has 19 heavy (non-hydrogen) atoms. The van der Waals surface area contributed by atoms with Gasteiger partial charge in [0.05, 0.1) is 0 Å². The van der Waals surface area contributed by atoms with Crippen LogP contribution < -0.4 is 0 Å². The number of rotatable bonds is 10. The summed E-state index contributed by atoms with van der Waals surface area (Å²) in [5, 5.41) is 9.42. The molecule has 1 rings (SSSR count). The molecule has 2 heteroatoms. The van der Waals surface area contributed by atoms with E-state index in [2.05, 4.69) is 6.92 Å². The highest BCUT2D eigenvalue weighted by Crippen LogP contribution is 2.23. The van der Waals surface area contributed by atoms with Crippen LogP contribution in [0.2, 0.25) is 0 Å². The van der Waals surface area contributed by atoms with E-state index in [1.165, 1.54) is 44.6 Å². The molecule has 0 fully saturated rings. The van der Waals surface area contributed by atoms with Crippen molar-refractivity contribution >= 4 is 0 Å². The van der Waals surface area contributed by atoms with E-state index in [9.17, 15) is 9.50 Å².